The summed E-state index contributed by atoms with van der Waals surface area (Å²) >= 11 is 0. The summed E-state index contributed by atoms with van der Waals surface area (Å²) in [6, 6.07) is 6.56. The highest BCUT2D eigenvalue weighted by atomic mass is 15.2. The molecule has 0 bridgehead atoms. The van der Waals surface area contributed by atoms with Crippen LogP contribution in [0.15, 0.2) is 18.2 Å². The minimum atomic E-state index is 1.08. The molecule has 0 atom stereocenters. The molecule has 17 heavy (non-hydrogen) atoms. The van der Waals surface area contributed by atoms with Crippen molar-refractivity contribution in [2.24, 2.45) is 0 Å². The van der Waals surface area contributed by atoms with Gasteiger partial charge in [0.15, 0.2) is 0 Å². The number of H-pyrrole nitrogens is 1. The van der Waals surface area contributed by atoms with Crippen LogP contribution in [0.5, 0.6) is 0 Å². The monoisotopic (exact) mass is 229 g/mol. The van der Waals surface area contributed by atoms with E-state index < -0.39 is 0 Å². The van der Waals surface area contributed by atoms with Gasteiger partial charge >= 0.3 is 0 Å². The van der Waals surface area contributed by atoms with Gasteiger partial charge in [-0.25, -0.2) is 0 Å². The van der Waals surface area contributed by atoms with Crippen LogP contribution in [0, 0.1) is 13.8 Å². The van der Waals surface area contributed by atoms with Gasteiger partial charge < -0.3 is 15.2 Å². The maximum Gasteiger partial charge on any atom is 0.0479 e. The third-order valence-electron chi connectivity index (χ3n) is 3.76. The Morgan fingerprint density at radius 1 is 1.12 bits per heavy atom. The van der Waals surface area contributed by atoms with Crippen molar-refractivity contribution in [2.75, 3.05) is 31.1 Å². The predicted molar refractivity (Wildman–Crippen MR) is 72.9 cm³/mol. The molecule has 1 aromatic carbocycles. The van der Waals surface area contributed by atoms with E-state index in [0.29, 0.717) is 0 Å². The van der Waals surface area contributed by atoms with E-state index in [-0.39, 0.29) is 0 Å². The lowest BCUT2D eigenvalue weighted by molar-refractivity contribution is 0.590. The molecule has 1 saturated heterocycles. The molecule has 3 heteroatoms. The maximum atomic E-state index is 3.46. The number of aryl methyl sites for hydroxylation is 2. The summed E-state index contributed by atoms with van der Waals surface area (Å²) in [4.78, 5) is 5.95. The molecule has 2 N–H and O–H groups in total. The molecule has 1 aliphatic rings. The second kappa shape index (κ2) is 4.08. The molecular weight excluding hydrogens is 210 g/mol. The van der Waals surface area contributed by atoms with Gasteiger partial charge in [-0.2, -0.15) is 0 Å². The van der Waals surface area contributed by atoms with Crippen LogP contribution in [0.1, 0.15) is 11.3 Å². The molecule has 0 aliphatic carbocycles. The highest BCUT2D eigenvalue weighted by molar-refractivity contribution is 5.96. The van der Waals surface area contributed by atoms with Crippen LogP contribution in [0.3, 0.4) is 0 Å². The van der Waals surface area contributed by atoms with Crippen LogP contribution < -0.4 is 10.2 Å². The van der Waals surface area contributed by atoms with Crippen molar-refractivity contribution in [3.8, 4) is 0 Å². The van der Waals surface area contributed by atoms with Gasteiger partial charge in [0.25, 0.3) is 0 Å². The van der Waals surface area contributed by atoms with E-state index in [4.69, 9.17) is 0 Å². The number of aromatic amines is 1. The van der Waals surface area contributed by atoms with Gasteiger partial charge in [0.05, 0.1) is 0 Å². The molecule has 3 nitrogen and oxygen atoms in total. The van der Waals surface area contributed by atoms with Gasteiger partial charge in [-0.3, -0.25) is 0 Å². The van der Waals surface area contributed by atoms with Crippen LogP contribution in [0.25, 0.3) is 10.9 Å². The lowest BCUT2D eigenvalue weighted by atomic mass is 10.1. The normalized spacial score (nSPS) is 16.7. The average molecular weight is 229 g/mol. The van der Waals surface area contributed by atoms with Crippen molar-refractivity contribution in [1.82, 2.24) is 10.3 Å². The molecule has 3 rings (SSSR count). The van der Waals surface area contributed by atoms with E-state index in [1.54, 1.807) is 0 Å². The largest absolute Gasteiger partial charge is 0.368 e. The first-order chi connectivity index (χ1) is 8.27. The van der Waals surface area contributed by atoms with E-state index in [0.717, 1.165) is 26.2 Å². The standard InChI is InChI=1S/C14H19N3/c1-10-11(2)16-12-4-3-5-13(14(10)12)17-8-6-15-7-9-17/h3-5,15-16H,6-9H2,1-2H3. The fraction of sp³-hybridized carbons (Fsp3) is 0.429. The summed E-state index contributed by atoms with van der Waals surface area (Å²) in [7, 11) is 0. The van der Waals surface area contributed by atoms with Crippen molar-refractivity contribution >= 4 is 16.6 Å². The average Bonchev–Trinajstić information content (AvgIpc) is 2.66. The zero-order valence-electron chi connectivity index (χ0n) is 10.5. The van der Waals surface area contributed by atoms with Crippen molar-refractivity contribution < 1.29 is 0 Å². The van der Waals surface area contributed by atoms with Gasteiger partial charge in [0.1, 0.15) is 0 Å². The summed E-state index contributed by atoms with van der Waals surface area (Å²) in [5.41, 5.74) is 5.30. The maximum absolute atomic E-state index is 3.46. The molecule has 1 fully saturated rings. The highest BCUT2D eigenvalue weighted by Crippen LogP contribution is 2.31. The SMILES string of the molecule is Cc1[nH]c2cccc(N3CCNCC3)c2c1C. The Morgan fingerprint density at radius 3 is 2.65 bits per heavy atom. The minimum Gasteiger partial charge on any atom is -0.368 e. The Labute approximate surface area is 102 Å². The summed E-state index contributed by atoms with van der Waals surface area (Å²) in [5, 5.41) is 4.80. The molecule has 1 aromatic heterocycles. The van der Waals surface area contributed by atoms with Crippen molar-refractivity contribution in [2.45, 2.75) is 13.8 Å². The lowest BCUT2D eigenvalue weighted by Crippen LogP contribution is -2.43. The van der Waals surface area contributed by atoms with E-state index in [1.165, 1.54) is 27.8 Å². The molecule has 1 aliphatic heterocycles. The zero-order valence-corrected chi connectivity index (χ0v) is 10.5. The number of piperazine rings is 1. The molecule has 0 saturated carbocycles. The smallest absolute Gasteiger partial charge is 0.0479 e. The number of nitrogens with zero attached hydrogens (tertiary/aromatic N) is 1. The van der Waals surface area contributed by atoms with Gasteiger partial charge in [-0.1, -0.05) is 6.07 Å². The number of benzene rings is 1. The quantitative estimate of drug-likeness (QED) is 0.785. The number of aromatic nitrogens is 1. The Morgan fingerprint density at radius 2 is 1.88 bits per heavy atom. The Bertz CT molecular complexity index is 536. The second-order valence-electron chi connectivity index (χ2n) is 4.81. The van der Waals surface area contributed by atoms with Crippen LogP contribution >= 0.6 is 0 Å². The molecule has 2 aromatic rings. The first-order valence-electron chi connectivity index (χ1n) is 6.31. The zero-order chi connectivity index (χ0) is 11.8. The van der Waals surface area contributed by atoms with E-state index >= 15 is 0 Å². The summed E-state index contributed by atoms with van der Waals surface area (Å²) in [6.45, 7) is 8.72. The number of hydrogen-bond donors (Lipinski definition) is 2. The number of fused-ring (bicyclic) bond motifs is 1. The van der Waals surface area contributed by atoms with Crippen LogP contribution in [0.2, 0.25) is 0 Å². The molecular formula is C14H19N3. The molecule has 0 spiro atoms. The second-order valence-corrected chi connectivity index (χ2v) is 4.81. The van der Waals surface area contributed by atoms with Gasteiger partial charge in [0, 0.05) is 48.5 Å². The van der Waals surface area contributed by atoms with E-state index in [9.17, 15) is 0 Å². The summed E-state index contributed by atoms with van der Waals surface area (Å²) in [6.07, 6.45) is 0. The fourth-order valence-corrected chi connectivity index (χ4v) is 2.69. The molecule has 0 unspecified atom stereocenters. The van der Waals surface area contributed by atoms with Crippen molar-refractivity contribution in [1.29, 1.82) is 0 Å². The fourth-order valence-electron chi connectivity index (χ4n) is 2.69. The Hall–Kier alpha value is -1.48. The third kappa shape index (κ3) is 1.71. The van der Waals surface area contributed by atoms with Crippen LogP contribution in [-0.2, 0) is 0 Å². The molecule has 0 radical (unpaired) electrons. The number of anilines is 1. The molecule has 0 amide bonds. The van der Waals surface area contributed by atoms with E-state index in [2.05, 4.69) is 47.2 Å². The minimum absolute atomic E-state index is 1.08. The third-order valence-corrected chi connectivity index (χ3v) is 3.76. The lowest BCUT2D eigenvalue weighted by Gasteiger charge is -2.30. The van der Waals surface area contributed by atoms with Gasteiger partial charge in [0.2, 0.25) is 0 Å². The highest BCUT2D eigenvalue weighted by Gasteiger charge is 2.15. The van der Waals surface area contributed by atoms with Crippen LogP contribution in [0.4, 0.5) is 5.69 Å². The van der Waals surface area contributed by atoms with Gasteiger partial charge in [-0.05, 0) is 31.5 Å². The number of nitrogens with one attached hydrogen (secondary N) is 2. The first kappa shape index (κ1) is 10.7. The topological polar surface area (TPSA) is 31.1 Å². The first-order valence-corrected chi connectivity index (χ1v) is 6.31. The number of hydrogen-bond acceptors (Lipinski definition) is 2. The Balaban J connectivity index is 2.14. The van der Waals surface area contributed by atoms with Gasteiger partial charge in [-0.15, -0.1) is 0 Å². The van der Waals surface area contributed by atoms with Crippen LogP contribution in [-0.4, -0.2) is 31.2 Å². The predicted octanol–water partition coefficient (Wildman–Crippen LogP) is 2.19. The Kier molecular flexibility index (Phi) is 2.56. The molecule has 2 heterocycles. The summed E-state index contributed by atoms with van der Waals surface area (Å²) in [5.74, 6) is 0. The van der Waals surface area contributed by atoms with Crippen molar-refractivity contribution in [3.05, 3.63) is 29.5 Å². The molecule has 90 valence electrons. The number of rotatable bonds is 1. The van der Waals surface area contributed by atoms with E-state index in [1.807, 2.05) is 0 Å². The summed E-state index contributed by atoms with van der Waals surface area (Å²) < 4.78 is 0. The van der Waals surface area contributed by atoms with Crippen molar-refractivity contribution in [3.63, 3.8) is 0 Å².